The van der Waals surface area contributed by atoms with Crippen molar-refractivity contribution in [2.45, 2.75) is 66.2 Å². The van der Waals surface area contributed by atoms with Crippen molar-refractivity contribution in [2.24, 2.45) is 0 Å². The predicted octanol–water partition coefficient (Wildman–Crippen LogP) is 17.7. The van der Waals surface area contributed by atoms with Crippen molar-refractivity contribution in [1.29, 1.82) is 0 Å². The van der Waals surface area contributed by atoms with Crippen molar-refractivity contribution < 1.29 is 0 Å². The zero-order valence-electron chi connectivity index (χ0n) is 39.4. The molecule has 0 amide bonds. The molecule has 0 saturated carbocycles. The van der Waals surface area contributed by atoms with Crippen LogP contribution in [-0.2, 0) is 10.8 Å². The summed E-state index contributed by atoms with van der Waals surface area (Å²) in [5, 5.41) is 2.27. The maximum absolute atomic E-state index is 5.18. The Morgan fingerprint density at radius 3 is 1.20 bits per heavy atom. The number of aryl methyl sites for hydroxylation is 2. The highest BCUT2D eigenvalue weighted by atomic mass is 14.7. The second kappa shape index (κ2) is 16.9. The molecule has 2 heterocycles. The summed E-state index contributed by atoms with van der Waals surface area (Å²) in [5.74, 6) is 0. The monoisotopic (exact) mass is 852 g/mol. The van der Waals surface area contributed by atoms with Crippen molar-refractivity contribution in [2.75, 3.05) is 0 Å². The van der Waals surface area contributed by atoms with Gasteiger partial charge in [0.1, 0.15) is 0 Å². The zero-order chi connectivity index (χ0) is 45.7. The van der Waals surface area contributed by atoms with E-state index in [1.54, 1.807) is 0 Å². The molecule has 2 nitrogen and oxygen atoms in total. The summed E-state index contributed by atoms with van der Waals surface area (Å²) in [4.78, 5) is 10.4. The van der Waals surface area contributed by atoms with E-state index in [1.165, 1.54) is 77.9 Å². The van der Waals surface area contributed by atoms with Crippen molar-refractivity contribution in [3.63, 3.8) is 0 Å². The van der Waals surface area contributed by atoms with Crippen molar-refractivity contribution in [3.05, 3.63) is 216 Å². The number of benzene rings is 8. The fraction of sp³-hybridized carbons (Fsp3) is 0.156. The van der Waals surface area contributed by atoms with Crippen molar-refractivity contribution >= 4 is 21.8 Å². The highest BCUT2D eigenvalue weighted by Crippen LogP contribution is 2.48. The van der Waals surface area contributed by atoms with Crippen LogP contribution in [-0.4, -0.2) is 9.97 Å². The molecule has 0 aliphatic rings. The molecule has 0 bridgehead atoms. The van der Waals surface area contributed by atoms with Crippen molar-refractivity contribution in [1.82, 2.24) is 9.97 Å². The van der Waals surface area contributed by atoms with Gasteiger partial charge < -0.3 is 0 Å². The molecule has 2 heteroatoms. The summed E-state index contributed by atoms with van der Waals surface area (Å²) in [6.45, 7) is 18.2. The Balaban J connectivity index is 1.25. The Hall–Kier alpha value is -7.42. The number of nitrogens with zero attached hydrogens (tertiary/aromatic N) is 2. The summed E-state index contributed by atoms with van der Waals surface area (Å²) in [6.07, 6.45) is 0. The number of hydrogen-bond donors (Lipinski definition) is 0. The summed E-state index contributed by atoms with van der Waals surface area (Å²) >= 11 is 0. The second-order valence-electron chi connectivity index (χ2n) is 20.1. The Labute approximate surface area is 390 Å². The van der Waals surface area contributed by atoms with Gasteiger partial charge in [-0.2, -0.15) is 0 Å². The molecule has 8 aromatic carbocycles. The smallest absolute Gasteiger partial charge is 0.0709 e. The largest absolute Gasteiger partial charge is 0.248 e. The molecule has 0 aliphatic carbocycles. The van der Waals surface area contributed by atoms with Crippen LogP contribution in [0.2, 0.25) is 0 Å². The van der Waals surface area contributed by atoms with E-state index in [-0.39, 0.29) is 10.8 Å². The quantitative estimate of drug-likeness (QED) is 0.160. The summed E-state index contributed by atoms with van der Waals surface area (Å²) in [5.41, 5.74) is 22.9. The lowest BCUT2D eigenvalue weighted by Gasteiger charge is -2.24. The Kier molecular flexibility index (Phi) is 10.9. The lowest BCUT2D eigenvalue weighted by atomic mass is 9.80. The molecule has 0 atom stereocenters. The van der Waals surface area contributed by atoms with Crippen LogP contribution in [0.5, 0.6) is 0 Å². The van der Waals surface area contributed by atoms with Gasteiger partial charge in [-0.15, -0.1) is 0 Å². The molecule has 322 valence electrons. The molecule has 10 aromatic rings. The molecular weight excluding hydrogens is 797 g/mol. The molecule has 0 radical (unpaired) electrons. The van der Waals surface area contributed by atoms with E-state index in [1.807, 2.05) is 0 Å². The Bertz CT molecular complexity index is 3240. The van der Waals surface area contributed by atoms with Gasteiger partial charge in [-0.25, -0.2) is 9.97 Å². The van der Waals surface area contributed by atoms with E-state index in [4.69, 9.17) is 9.97 Å². The van der Waals surface area contributed by atoms with E-state index < -0.39 is 0 Å². The normalized spacial score (nSPS) is 11.9. The third-order valence-electron chi connectivity index (χ3n) is 13.1. The van der Waals surface area contributed by atoms with Gasteiger partial charge in [0, 0.05) is 21.9 Å². The second-order valence-corrected chi connectivity index (χ2v) is 20.1. The molecular formula is C64H56N2. The standard InChI is InChI=1S/C64H56N2/c1-41-34-42(2)36-49(35-41)62-54(52-30-26-47(60-32-28-43-16-9-11-24-58(43)65-60)39-56(52)45-18-13-20-50(37-45)63(3,4)5)22-15-23-55(62)53-31-27-48(61-33-29-44-17-10-12-25-59(44)66-61)40-57(53)46-19-14-21-51(38-46)64(6,7)8/h9-40H,1-8H3. The molecule has 0 N–H and O–H groups in total. The van der Waals surface area contributed by atoms with Gasteiger partial charge in [-0.1, -0.05) is 210 Å². The van der Waals surface area contributed by atoms with Gasteiger partial charge in [0.2, 0.25) is 0 Å². The first-order chi connectivity index (χ1) is 31.8. The summed E-state index contributed by atoms with van der Waals surface area (Å²) in [6, 6.07) is 71.4. The van der Waals surface area contributed by atoms with E-state index in [2.05, 4.69) is 250 Å². The Morgan fingerprint density at radius 2 is 0.742 bits per heavy atom. The zero-order valence-corrected chi connectivity index (χ0v) is 39.4. The maximum Gasteiger partial charge on any atom is 0.0709 e. The molecule has 0 fully saturated rings. The van der Waals surface area contributed by atoms with Gasteiger partial charge in [0.05, 0.1) is 22.4 Å². The summed E-state index contributed by atoms with van der Waals surface area (Å²) < 4.78 is 0. The molecule has 0 aliphatic heterocycles. The molecule has 0 unspecified atom stereocenters. The fourth-order valence-electron chi connectivity index (χ4n) is 9.55. The van der Waals surface area contributed by atoms with Gasteiger partial charge in [-0.3, -0.25) is 0 Å². The minimum atomic E-state index is -0.0208. The minimum absolute atomic E-state index is 0.0208. The highest BCUT2D eigenvalue weighted by Gasteiger charge is 2.23. The van der Waals surface area contributed by atoms with Crippen LogP contribution < -0.4 is 0 Å². The average molecular weight is 853 g/mol. The average Bonchev–Trinajstić information content (AvgIpc) is 3.32. The number of hydrogen-bond acceptors (Lipinski definition) is 2. The number of pyridine rings is 2. The number of fused-ring (bicyclic) bond motifs is 2. The molecule has 2 aromatic heterocycles. The van der Waals surface area contributed by atoms with Crippen LogP contribution in [0.4, 0.5) is 0 Å². The van der Waals surface area contributed by atoms with Crippen molar-refractivity contribution in [3.8, 4) is 78.1 Å². The van der Waals surface area contributed by atoms with Crippen LogP contribution in [0, 0.1) is 13.8 Å². The first-order valence-corrected chi connectivity index (χ1v) is 23.2. The predicted molar refractivity (Wildman–Crippen MR) is 282 cm³/mol. The fourth-order valence-corrected chi connectivity index (χ4v) is 9.55. The van der Waals surface area contributed by atoms with Crippen LogP contribution in [0.15, 0.2) is 194 Å². The molecule has 0 saturated heterocycles. The lowest BCUT2D eigenvalue weighted by molar-refractivity contribution is 0.590. The van der Waals surface area contributed by atoms with Gasteiger partial charge >= 0.3 is 0 Å². The number of rotatable bonds is 7. The first kappa shape index (κ1) is 42.5. The van der Waals surface area contributed by atoms with E-state index >= 15 is 0 Å². The third kappa shape index (κ3) is 8.36. The minimum Gasteiger partial charge on any atom is -0.248 e. The molecule has 66 heavy (non-hydrogen) atoms. The Morgan fingerprint density at radius 1 is 0.303 bits per heavy atom. The summed E-state index contributed by atoms with van der Waals surface area (Å²) in [7, 11) is 0. The maximum atomic E-state index is 5.18. The van der Waals surface area contributed by atoms with Gasteiger partial charge in [0.15, 0.2) is 0 Å². The SMILES string of the molecule is Cc1cc(C)cc(-c2c(-c3ccc(-c4ccc5ccccc5n4)cc3-c3cccc(C(C)(C)C)c3)cccc2-c2ccc(-c3ccc4ccccc4n3)cc2-c2cccc(C(C)(C)C)c2)c1. The van der Waals surface area contributed by atoms with Crippen LogP contribution >= 0.6 is 0 Å². The van der Waals surface area contributed by atoms with E-state index in [0.29, 0.717) is 0 Å². The number of para-hydroxylation sites is 2. The van der Waals surface area contributed by atoms with E-state index in [9.17, 15) is 0 Å². The van der Waals surface area contributed by atoms with Crippen LogP contribution in [0.3, 0.4) is 0 Å². The molecule has 0 spiro atoms. The van der Waals surface area contributed by atoms with Crippen LogP contribution in [0.1, 0.15) is 63.8 Å². The lowest BCUT2D eigenvalue weighted by Crippen LogP contribution is -2.10. The van der Waals surface area contributed by atoms with Gasteiger partial charge in [-0.05, 0) is 128 Å². The third-order valence-corrected chi connectivity index (χ3v) is 13.1. The van der Waals surface area contributed by atoms with E-state index in [0.717, 1.165) is 44.3 Å². The molecule has 10 rings (SSSR count). The topological polar surface area (TPSA) is 25.8 Å². The first-order valence-electron chi connectivity index (χ1n) is 23.2. The highest BCUT2D eigenvalue weighted by molar-refractivity contribution is 6.02. The van der Waals surface area contributed by atoms with Gasteiger partial charge in [0.25, 0.3) is 0 Å². The number of aromatic nitrogens is 2. The van der Waals surface area contributed by atoms with Crippen LogP contribution in [0.25, 0.3) is 100.0 Å².